The van der Waals surface area contributed by atoms with Crippen LogP contribution in [-0.4, -0.2) is 63.3 Å². The maximum atomic E-state index is 14.1. The quantitative estimate of drug-likeness (QED) is 0.322. The lowest BCUT2D eigenvalue weighted by molar-refractivity contribution is -0.124. The lowest BCUT2D eigenvalue weighted by Gasteiger charge is -2.35. The average molecular weight is 589 g/mol. The second kappa shape index (κ2) is 13.6. The van der Waals surface area contributed by atoms with Gasteiger partial charge in [0.1, 0.15) is 11.0 Å². The maximum Gasteiger partial charge on any atom is 0.407 e. The number of anilines is 1. The molecule has 10 heteroatoms. The summed E-state index contributed by atoms with van der Waals surface area (Å²) in [6.07, 6.45) is 3.79. The third-order valence-corrected chi connectivity index (χ3v) is 9.04. The number of rotatable bonds is 8. The molecule has 41 heavy (non-hydrogen) atoms. The number of carbonyl (C=O) groups excluding carboxylic acids is 3. The molecular formula is C31H44N2O7S. The van der Waals surface area contributed by atoms with Crippen LogP contribution >= 0.6 is 11.3 Å². The van der Waals surface area contributed by atoms with Crippen LogP contribution in [0.25, 0.3) is 0 Å². The second-order valence-electron chi connectivity index (χ2n) is 12.5. The molecule has 0 radical (unpaired) electrons. The van der Waals surface area contributed by atoms with E-state index in [0.717, 1.165) is 32.1 Å². The highest BCUT2D eigenvalue weighted by Gasteiger charge is 2.44. The van der Waals surface area contributed by atoms with E-state index in [1.54, 1.807) is 4.90 Å². The van der Waals surface area contributed by atoms with Crippen LogP contribution in [0.4, 0.5) is 10.5 Å². The van der Waals surface area contributed by atoms with Gasteiger partial charge in [-0.3, -0.25) is 4.79 Å². The fourth-order valence-corrected chi connectivity index (χ4v) is 6.55. The number of hydrogen-bond acceptors (Lipinski definition) is 8. The first kappa shape index (κ1) is 31.3. The molecule has 3 fully saturated rings. The van der Waals surface area contributed by atoms with Gasteiger partial charge in [-0.15, -0.1) is 11.3 Å². The van der Waals surface area contributed by atoms with Crippen molar-refractivity contribution in [2.75, 3.05) is 31.8 Å². The summed E-state index contributed by atoms with van der Waals surface area (Å²) in [7, 11) is 1.34. The molecule has 3 aliphatic rings. The summed E-state index contributed by atoms with van der Waals surface area (Å²) in [6.45, 7) is 11.5. The number of nitrogens with one attached hydrogen (secondary N) is 1. The minimum absolute atomic E-state index is 0.000592. The van der Waals surface area contributed by atoms with Crippen molar-refractivity contribution in [2.45, 2.75) is 91.6 Å². The van der Waals surface area contributed by atoms with Crippen molar-refractivity contribution in [1.82, 2.24) is 5.32 Å². The van der Waals surface area contributed by atoms with E-state index < -0.39 is 12.1 Å². The van der Waals surface area contributed by atoms with E-state index in [-0.39, 0.29) is 41.6 Å². The molecular weight excluding hydrogens is 544 g/mol. The Morgan fingerprint density at radius 2 is 1.90 bits per heavy atom. The molecule has 1 aromatic heterocycles. The third kappa shape index (κ3) is 8.02. The van der Waals surface area contributed by atoms with Crippen molar-refractivity contribution in [3.8, 4) is 11.8 Å². The van der Waals surface area contributed by atoms with Crippen molar-refractivity contribution in [3.63, 3.8) is 0 Å². The molecule has 0 aromatic carbocycles. The topological polar surface area (TPSA) is 103 Å². The van der Waals surface area contributed by atoms with Gasteiger partial charge in [-0.2, -0.15) is 0 Å². The van der Waals surface area contributed by atoms with E-state index in [9.17, 15) is 14.4 Å². The lowest BCUT2D eigenvalue weighted by atomic mass is 9.82. The summed E-state index contributed by atoms with van der Waals surface area (Å²) in [5, 5.41) is 2.83. The molecule has 0 bridgehead atoms. The molecule has 1 saturated carbocycles. The number of nitrogens with zero attached hydrogens (tertiary/aromatic N) is 1. The summed E-state index contributed by atoms with van der Waals surface area (Å²) < 4.78 is 21.8. The number of alkyl carbamates (subject to hydrolysis) is 1. The van der Waals surface area contributed by atoms with Crippen molar-refractivity contribution in [3.05, 3.63) is 15.8 Å². The van der Waals surface area contributed by atoms with Crippen LogP contribution in [0, 0.1) is 35.0 Å². The van der Waals surface area contributed by atoms with E-state index in [1.807, 2.05) is 33.8 Å². The van der Waals surface area contributed by atoms with Crippen LogP contribution in [0.1, 0.15) is 87.7 Å². The monoisotopic (exact) mass is 588 g/mol. The Morgan fingerprint density at radius 3 is 2.59 bits per heavy atom. The molecule has 3 heterocycles. The highest BCUT2D eigenvalue weighted by molar-refractivity contribution is 7.15. The minimum atomic E-state index is -0.511. The molecule has 2 aliphatic heterocycles. The normalized spacial score (nSPS) is 26.3. The number of methoxy groups -OCH3 is 1. The largest absolute Gasteiger partial charge is 0.465 e. The average Bonchev–Trinajstić information content (AvgIpc) is 3.65. The van der Waals surface area contributed by atoms with Crippen LogP contribution in [0.2, 0.25) is 0 Å². The van der Waals surface area contributed by atoms with Gasteiger partial charge in [0.15, 0.2) is 6.29 Å². The zero-order valence-electron chi connectivity index (χ0n) is 25.1. The number of ether oxygens (including phenoxy) is 4. The Labute approximate surface area is 247 Å². The molecule has 4 atom stereocenters. The summed E-state index contributed by atoms with van der Waals surface area (Å²) in [4.78, 5) is 42.3. The van der Waals surface area contributed by atoms with Gasteiger partial charge >= 0.3 is 12.1 Å². The number of carbonyl (C=O) groups is 3. The molecule has 3 unspecified atom stereocenters. The zero-order valence-corrected chi connectivity index (χ0v) is 25.9. The van der Waals surface area contributed by atoms with Gasteiger partial charge < -0.3 is 29.2 Å². The van der Waals surface area contributed by atoms with E-state index in [0.29, 0.717) is 47.5 Å². The Morgan fingerprint density at radius 1 is 1.17 bits per heavy atom. The van der Waals surface area contributed by atoms with Crippen molar-refractivity contribution in [2.24, 2.45) is 23.2 Å². The maximum absolute atomic E-state index is 14.1. The van der Waals surface area contributed by atoms with Gasteiger partial charge in [0.25, 0.3) is 0 Å². The van der Waals surface area contributed by atoms with E-state index in [4.69, 9.17) is 18.9 Å². The molecule has 1 N–H and O–H groups in total. The summed E-state index contributed by atoms with van der Waals surface area (Å²) >= 11 is 1.24. The van der Waals surface area contributed by atoms with Crippen molar-refractivity contribution < 1.29 is 33.3 Å². The summed E-state index contributed by atoms with van der Waals surface area (Å²) in [5.41, 5.74) is 0.308. The highest BCUT2D eigenvalue weighted by Crippen LogP contribution is 2.37. The fraction of sp³-hybridized carbons (Fsp3) is 0.710. The zero-order chi connectivity index (χ0) is 29.7. The third-order valence-electron chi connectivity index (χ3n) is 8.02. The van der Waals surface area contributed by atoms with Crippen LogP contribution in [-0.2, 0) is 23.7 Å². The first-order chi connectivity index (χ1) is 19.5. The fourth-order valence-electron chi connectivity index (χ4n) is 5.63. The van der Waals surface area contributed by atoms with Crippen LogP contribution in [0.5, 0.6) is 0 Å². The van der Waals surface area contributed by atoms with Crippen molar-refractivity contribution >= 4 is 35.0 Å². The Hall–Kier alpha value is -2.61. The molecule has 2 saturated heterocycles. The second-order valence-corrected chi connectivity index (χ2v) is 13.6. The van der Waals surface area contributed by atoms with E-state index in [1.165, 1.54) is 18.4 Å². The molecule has 9 nitrogen and oxygen atoms in total. The summed E-state index contributed by atoms with van der Waals surface area (Å²) in [5.74, 6) is 6.45. The first-order valence-electron chi connectivity index (χ1n) is 14.7. The van der Waals surface area contributed by atoms with E-state index >= 15 is 0 Å². The molecule has 4 rings (SSSR count). The van der Waals surface area contributed by atoms with Crippen LogP contribution in [0.3, 0.4) is 0 Å². The molecule has 2 amide bonds. The van der Waals surface area contributed by atoms with Crippen LogP contribution < -0.4 is 10.2 Å². The SMILES string of the molecule is COC(=O)c1sc(C#CC(C)(C)C)cc1N(C(=O)C1CCC(C)CC1)[C@@H](C)CCNC(=O)OC1COC2OCCC12. The minimum Gasteiger partial charge on any atom is -0.465 e. The summed E-state index contributed by atoms with van der Waals surface area (Å²) in [6, 6.07) is 1.53. The van der Waals surface area contributed by atoms with Gasteiger partial charge in [-0.05, 0) is 78.2 Å². The number of fused-ring (bicyclic) bond motifs is 1. The van der Waals surface area contributed by atoms with Gasteiger partial charge in [0.05, 0.1) is 36.8 Å². The van der Waals surface area contributed by atoms with E-state index in [2.05, 4.69) is 24.1 Å². The number of amides is 2. The lowest BCUT2D eigenvalue weighted by Crippen LogP contribution is -2.45. The highest BCUT2D eigenvalue weighted by atomic mass is 32.1. The first-order valence-corrected chi connectivity index (χ1v) is 15.5. The van der Waals surface area contributed by atoms with Gasteiger partial charge in [0.2, 0.25) is 5.91 Å². The number of hydrogen-bond donors (Lipinski definition) is 1. The Kier molecular flexibility index (Phi) is 10.4. The van der Waals surface area contributed by atoms with Gasteiger partial charge in [-0.1, -0.05) is 18.8 Å². The van der Waals surface area contributed by atoms with Crippen LogP contribution in [0.15, 0.2) is 6.07 Å². The van der Waals surface area contributed by atoms with Crippen molar-refractivity contribution in [1.29, 1.82) is 0 Å². The Bertz CT molecular complexity index is 1160. The molecule has 1 aliphatic carbocycles. The van der Waals surface area contributed by atoms with Gasteiger partial charge in [0, 0.05) is 23.9 Å². The standard InChI is InChI=1S/C31H44N2O7S/c1-19-7-9-21(10-8-19)27(34)33(24-17-22(11-14-31(3,4)5)41-26(24)28(35)37-6)20(2)12-15-32-30(36)40-25-18-39-29-23(25)13-16-38-29/h17,19-21,23,25,29H,7-10,12-13,15-16,18H2,1-6H3,(H,32,36)/t19?,20-,21?,23?,25?,29?/m0/s1. The molecule has 0 spiro atoms. The Balaban J connectivity index is 1.50. The smallest absolute Gasteiger partial charge is 0.407 e. The predicted octanol–water partition coefficient (Wildman–Crippen LogP) is 5.36. The molecule has 1 aromatic rings. The number of esters is 1. The van der Waals surface area contributed by atoms with Gasteiger partial charge in [-0.25, -0.2) is 9.59 Å². The molecule has 226 valence electrons. The number of thiophene rings is 1. The predicted molar refractivity (Wildman–Crippen MR) is 157 cm³/mol.